The molecule has 0 amide bonds. The fraction of sp³-hybridized carbons (Fsp3) is 1.00. The number of nitrogens with two attached hydrogens (primary N) is 1. The van der Waals surface area contributed by atoms with E-state index in [1.807, 2.05) is 0 Å². The molecule has 1 unspecified atom stereocenters. The molecular weight excluding hydrogens is 164 g/mol. The summed E-state index contributed by atoms with van der Waals surface area (Å²) in [7, 11) is 0. The Kier molecular flexibility index (Phi) is 2.58. The minimum Gasteiger partial charge on any atom is -0.396 e. The minimum absolute atomic E-state index is 0.102. The Balaban J connectivity index is 1.89. The number of aliphatic hydroxyl groups is 1. The molecule has 1 atom stereocenters. The largest absolute Gasteiger partial charge is 0.396 e. The molecule has 3 heteroatoms. The third-order valence-electron chi connectivity index (χ3n) is 3.31. The molecule has 1 aliphatic heterocycles. The molecule has 0 bridgehead atoms. The zero-order valence-electron chi connectivity index (χ0n) is 8.21. The number of aliphatic hydroxyl groups excluding tert-OH is 1. The van der Waals surface area contributed by atoms with Gasteiger partial charge in [0.25, 0.3) is 0 Å². The van der Waals surface area contributed by atoms with Crippen LogP contribution >= 0.6 is 0 Å². The maximum Gasteiger partial charge on any atom is 0.0449 e. The van der Waals surface area contributed by atoms with Crippen LogP contribution in [0.15, 0.2) is 0 Å². The Morgan fingerprint density at radius 3 is 2.85 bits per heavy atom. The third kappa shape index (κ3) is 2.22. The van der Waals surface area contributed by atoms with Crippen molar-refractivity contribution in [2.24, 2.45) is 5.73 Å². The van der Waals surface area contributed by atoms with Gasteiger partial charge in [0.2, 0.25) is 0 Å². The van der Waals surface area contributed by atoms with Crippen LogP contribution in [0.5, 0.6) is 0 Å². The highest BCUT2D eigenvalue weighted by molar-refractivity contribution is 4.96. The highest BCUT2D eigenvalue weighted by atomic mass is 16.3. The van der Waals surface area contributed by atoms with Gasteiger partial charge in [0.15, 0.2) is 0 Å². The lowest BCUT2D eigenvalue weighted by Crippen LogP contribution is -2.55. The second kappa shape index (κ2) is 3.56. The van der Waals surface area contributed by atoms with Gasteiger partial charge in [-0.1, -0.05) is 0 Å². The van der Waals surface area contributed by atoms with E-state index in [2.05, 4.69) is 4.90 Å². The SMILES string of the molecule is NC1(CCO)CCCN(C2CC2)C1. The van der Waals surface area contributed by atoms with E-state index in [1.54, 1.807) is 0 Å². The molecule has 1 aliphatic carbocycles. The molecule has 3 nitrogen and oxygen atoms in total. The fourth-order valence-corrected chi connectivity index (χ4v) is 2.37. The Morgan fingerprint density at radius 1 is 1.46 bits per heavy atom. The molecule has 0 aromatic rings. The van der Waals surface area contributed by atoms with Gasteiger partial charge in [-0.3, -0.25) is 4.90 Å². The topological polar surface area (TPSA) is 49.5 Å². The van der Waals surface area contributed by atoms with E-state index >= 15 is 0 Å². The first-order chi connectivity index (χ1) is 6.23. The summed E-state index contributed by atoms with van der Waals surface area (Å²) in [6.07, 6.45) is 5.75. The second-order valence-electron chi connectivity index (χ2n) is 4.64. The van der Waals surface area contributed by atoms with Crippen LogP contribution in [0.3, 0.4) is 0 Å². The summed E-state index contributed by atoms with van der Waals surface area (Å²) in [5.41, 5.74) is 6.12. The highest BCUT2D eigenvalue weighted by Gasteiger charge is 2.37. The van der Waals surface area contributed by atoms with Crippen molar-refractivity contribution < 1.29 is 5.11 Å². The van der Waals surface area contributed by atoms with Crippen molar-refractivity contribution in [2.45, 2.75) is 43.7 Å². The molecule has 2 aliphatic rings. The summed E-state index contributed by atoms with van der Waals surface area (Å²) in [5.74, 6) is 0. The number of hydrogen-bond donors (Lipinski definition) is 2. The molecule has 0 aromatic carbocycles. The molecule has 1 saturated carbocycles. The molecule has 1 heterocycles. The number of nitrogens with zero attached hydrogens (tertiary/aromatic N) is 1. The van der Waals surface area contributed by atoms with Crippen molar-refractivity contribution in [3.8, 4) is 0 Å². The average Bonchev–Trinajstić information content (AvgIpc) is 2.86. The van der Waals surface area contributed by atoms with Gasteiger partial charge in [-0.2, -0.15) is 0 Å². The van der Waals surface area contributed by atoms with Crippen LogP contribution in [-0.2, 0) is 0 Å². The predicted molar refractivity (Wildman–Crippen MR) is 52.5 cm³/mol. The van der Waals surface area contributed by atoms with Crippen LogP contribution < -0.4 is 5.73 Å². The third-order valence-corrected chi connectivity index (χ3v) is 3.31. The summed E-state index contributed by atoms with van der Waals surface area (Å²) >= 11 is 0. The number of rotatable bonds is 3. The van der Waals surface area contributed by atoms with Gasteiger partial charge in [0.1, 0.15) is 0 Å². The molecular formula is C10H20N2O. The van der Waals surface area contributed by atoms with Crippen LogP contribution in [0.1, 0.15) is 32.1 Å². The average molecular weight is 184 g/mol. The Hall–Kier alpha value is -0.120. The lowest BCUT2D eigenvalue weighted by Gasteiger charge is -2.40. The molecule has 2 fully saturated rings. The summed E-state index contributed by atoms with van der Waals surface area (Å²) in [6, 6.07) is 0.821. The van der Waals surface area contributed by atoms with Gasteiger partial charge in [-0.25, -0.2) is 0 Å². The normalized spacial score (nSPS) is 36.5. The Labute approximate surface area is 79.9 Å². The standard InChI is InChI=1S/C10H20N2O/c11-10(5-7-13)4-1-6-12(8-10)9-2-3-9/h9,13H,1-8,11H2. The van der Waals surface area contributed by atoms with Crippen LogP contribution in [0.25, 0.3) is 0 Å². The fourth-order valence-electron chi connectivity index (χ4n) is 2.37. The lowest BCUT2D eigenvalue weighted by molar-refractivity contribution is 0.117. The maximum atomic E-state index is 8.93. The van der Waals surface area contributed by atoms with Crippen molar-refractivity contribution in [1.82, 2.24) is 4.90 Å². The smallest absolute Gasteiger partial charge is 0.0449 e. The zero-order valence-corrected chi connectivity index (χ0v) is 8.21. The number of likely N-dealkylation sites (tertiary alicyclic amines) is 1. The van der Waals surface area contributed by atoms with Crippen LogP contribution in [0.2, 0.25) is 0 Å². The van der Waals surface area contributed by atoms with E-state index in [-0.39, 0.29) is 12.1 Å². The quantitative estimate of drug-likeness (QED) is 0.664. The van der Waals surface area contributed by atoms with Gasteiger partial charge in [0, 0.05) is 24.7 Å². The van der Waals surface area contributed by atoms with E-state index < -0.39 is 0 Å². The van der Waals surface area contributed by atoms with Crippen molar-refractivity contribution in [3.63, 3.8) is 0 Å². The molecule has 13 heavy (non-hydrogen) atoms. The van der Waals surface area contributed by atoms with E-state index in [0.29, 0.717) is 0 Å². The van der Waals surface area contributed by atoms with Gasteiger partial charge >= 0.3 is 0 Å². The van der Waals surface area contributed by atoms with E-state index in [9.17, 15) is 0 Å². The van der Waals surface area contributed by atoms with Crippen LogP contribution in [0, 0.1) is 0 Å². The highest BCUT2D eigenvalue weighted by Crippen LogP contribution is 2.32. The van der Waals surface area contributed by atoms with Crippen molar-refractivity contribution in [2.75, 3.05) is 19.7 Å². The first kappa shape index (κ1) is 9.44. The molecule has 0 spiro atoms. The number of hydrogen-bond acceptors (Lipinski definition) is 3. The van der Waals surface area contributed by atoms with Crippen molar-refractivity contribution in [1.29, 1.82) is 0 Å². The zero-order chi connectivity index (χ0) is 9.31. The van der Waals surface area contributed by atoms with E-state index in [4.69, 9.17) is 10.8 Å². The van der Waals surface area contributed by atoms with Gasteiger partial charge < -0.3 is 10.8 Å². The maximum absolute atomic E-state index is 8.93. The number of piperidine rings is 1. The van der Waals surface area contributed by atoms with Gasteiger partial charge in [-0.05, 0) is 38.6 Å². The Bertz CT molecular complexity index is 178. The van der Waals surface area contributed by atoms with Crippen molar-refractivity contribution >= 4 is 0 Å². The van der Waals surface area contributed by atoms with E-state index in [0.717, 1.165) is 25.4 Å². The summed E-state index contributed by atoms with van der Waals surface area (Å²) in [5, 5.41) is 8.93. The van der Waals surface area contributed by atoms with E-state index in [1.165, 1.54) is 25.8 Å². The van der Waals surface area contributed by atoms with Gasteiger partial charge in [0.05, 0.1) is 0 Å². The first-order valence-corrected chi connectivity index (χ1v) is 5.37. The Morgan fingerprint density at radius 2 is 2.23 bits per heavy atom. The van der Waals surface area contributed by atoms with Gasteiger partial charge in [-0.15, -0.1) is 0 Å². The lowest BCUT2D eigenvalue weighted by atomic mass is 9.87. The monoisotopic (exact) mass is 184 g/mol. The minimum atomic E-state index is -0.102. The molecule has 0 aromatic heterocycles. The first-order valence-electron chi connectivity index (χ1n) is 5.37. The predicted octanol–water partition coefficient (Wildman–Crippen LogP) is 0.324. The molecule has 76 valence electrons. The molecule has 2 rings (SSSR count). The van der Waals surface area contributed by atoms with Crippen molar-refractivity contribution in [3.05, 3.63) is 0 Å². The summed E-state index contributed by atoms with van der Waals surface area (Å²) < 4.78 is 0. The molecule has 0 radical (unpaired) electrons. The molecule has 1 saturated heterocycles. The van der Waals surface area contributed by atoms with Crippen LogP contribution in [-0.4, -0.2) is 41.3 Å². The summed E-state index contributed by atoms with van der Waals surface area (Å²) in [6.45, 7) is 2.45. The molecule has 3 N–H and O–H groups in total. The summed E-state index contributed by atoms with van der Waals surface area (Å²) in [4.78, 5) is 2.51. The van der Waals surface area contributed by atoms with Crippen LogP contribution in [0.4, 0.5) is 0 Å². The second-order valence-corrected chi connectivity index (χ2v) is 4.64.